The summed E-state index contributed by atoms with van der Waals surface area (Å²) in [6.07, 6.45) is 5.17. The lowest BCUT2D eigenvalue weighted by Gasteiger charge is -2.46. The summed E-state index contributed by atoms with van der Waals surface area (Å²) in [5.74, 6) is 1.30. The van der Waals surface area contributed by atoms with E-state index in [1.54, 1.807) is 36.7 Å². The summed E-state index contributed by atoms with van der Waals surface area (Å²) in [7, 11) is 0. The molecule has 0 bridgehead atoms. The number of nitrogens with zero attached hydrogens (tertiary/aromatic N) is 1. The van der Waals surface area contributed by atoms with E-state index in [1.807, 2.05) is 12.1 Å². The number of ether oxygens (including phenoxy) is 1. The standard InChI is InChI=1S/C21H27N3O2/c1-20(2)12-16(13-21(3,4)24-20)23-19(25)15-7-9-17(10-8-15)26-18-6-5-11-22-14-18/h5-11,14,16,24H,12-13H2,1-4H3,(H,23,25). The van der Waals surface area contributed by atoms with Gasteiger partial charge in [-0.1, -0.05) is 0 Å². The maximum Gasteiger partial charge on any atom is 0.251 e. The number of rotatable bonds is 4. The van der Waals surface area contributed by atoms with Crippen LogP contribution < -0.4 is 15.4 Å². The van der Waals surface area contributed by atoms with Crippen LogP contribution in [0, 0.1) is 0 Å². The van der Waals surface area contributed by atoms with Gasteiger partial charge in [0.25, 0.3) is 5.91 Å². The Morgan fingerprint density at radius 2 is 1.73 bits per heavy atom. The number of carbonyl (C=O) groups is 1. The molecule has 1 amide bonds. The maximum absolute atomic E-state index is 12.6. The Morgan fingerprint density at radius 1 is 1.08 bits per heavy atom. The van der Waals surface area contributed by atoms with Crippen molar-refractivity contribution in [3.05, 3.63) is 54.4 Å². The smallest absolute Gasteiger partial charge is 0.251 e. The summed E-state index contributed by atoms with van der Waals surface area (Å²) in [6, 6.07) is 11.0. The van der Waals surface area contributed by atoms with Crippen LogP contribution >= 0.6 is 0 Å². The minimum Gasteiger partial charge on any atom is -0.456 e. The first kappa shape index (κ1) is 18.4. The Balaban J connectivity index is 1.63. The lowest BCUT2D eigenvalue weighted by Crippen LogP contribution is -2.62. The highest BCUT2D eigenvalue weighted by molar-refractivity contribution is 5.94. The second-order valence-corrected chi connectivity index (χ2v) is 8.29. The molecule has 26 heavy (non-hydrogen) atoms. The number of aromatic nitrogens is 1. The number of amides is 1. The van der Waals surface area contributed by atoms with Crippen molar-refractivity contribution in [2.75, 3.05) is 0 Å². The zero-order valence-electron chi connectivity index (χ0n) is 15.9. The Labute approximate surface area is 155 Å². The van der Waals surface area contributed by atoms with Gasteiger partial charge in [-0.3, -0.25) is 9.78 Å². The number of carbonyl (C=O) groups excluding carboxylic acids is 1. The van der Waals surface area contributed by atoms with Crippen molar-refractivity contribution >= 4 is 5.91 Å². The molecular formula is C21H27N3O2. The number of pyridine rings is 1. The van der Waals surface area contributed by atoms with E-state index in [-0.39, 0.29) is 23.0 Å². The molecule has 138 valence electrons. The molecule has 0 spiro atoms. The van der Waals surface area contributed by atoms with Crippen molar-refractivity contribution < 1.29 is 9.53 Å². The lowest BCUT2D eigenvalue weighted by atomic mass is 9.79. The van der Waals surface area contributed by atoms with E-state index in [1.165, 1.54) is 0 Å². The van der Waals surface area contributed by atoms with Gasteiger partial charge in [0.1, 0.15) is 11.5 Å². The molecule has 5 nitrogen and oxygen atoms in total. The third kappa shape index (κ3) is 4.82. The highest BCUT2D eigenvalue weighted by Gasteiger charge is 2.38. The van der Waals surface area contributed by atoms with Crippen LogP contribution in [0.15, 0.2) is 48.8 Å². The summed E-state index contributed by atoms with van der Waals surface area (Å²) in [4.78, 5) is 16.6. The van der Waals surface area contributed by atoms with E-state index in [9.17, 15) is 4.79 Å². The van der Waals surface area contributed by atoms with E-state index in [0.29, 0.717) is 17.1 Å². The average molecular weight is 353 g/mol. The molecule has 2 heterocycles. The van der Waals surface area contributed by atoms with E-state index < -0.39 is 0 Å². The number of hydrogen-bond acceptors (Lipinski definition) is 4. The topological polar surface area (TPSA) is 63.2 Å². The molecule has 5 heteroatoms. The van der Waals surface area contributed by atoms with Crippen LogP contribution in [0.4, 0.5) is 0 Å². The first-order chi connectivity index (χ1) is 12.2. The second kappa shape index (κ2) is 7.08. The van der Waals surface area contributed by atoms with Crippen molar-refractivity contribution in [3.63, 3.8) is 0 Å². The fraction of sp³-hybridized carbons (Fsp3) is 0.429. The van der Waals surface area contributed by atoms with Gasteiger partial charge in [-0.05, 0) is 76.9 Å². The van der Waals surface area contributed by atoms with Crippen LogP contribution in [-0.4, -0.2) is 28.0 Å². The summed E-state index contributed by atoms with van der Waals surface area (Å²) in [5.41, 5.74) is 0.639. The molecular weight excluding hydrogens is 326 g/mol. The quantitative estimate of drug-likeness (QED) is 0.875. The van der Waals surface area contributed by atoms with Crippen molar-refractivity contribution in [3.8, 4) is 11.5 Å². The van der Waals surface area contributed by atoms with Crippen molar-refractivity contribution in [1.29, 1.82) is 0 Å². The predicted molar refractivity (Wildman–Crippen MR) is 103 cm³/mol. The molecule has 1 aromatic heterocycles. The zero-order valence-corrected chi connectivity index (χ0v) is 15.9. The van der Waals surface area contributed by atoms with Crippen LogP contribution in [0.3, 0.4) is 0 Å². The molecule has 2 aromatic rings. The monoisotopic (exact) mass is 353 g/mol. The number of benzene rings is 1. The fourth-order valence-electron chi connectivity index (χ4n) is 3.91. The molecule has 1 aliphatic heterocycles. The van der Waals surface area contributed by atoms with Gasteiger partial charge < -0.3 is 15.4 Å². The minimum atomic E-state index is -0.0450. The molecule has 0 aliphatic carbocycles. The number of nitrogens with one attached hydrogen (secondary N) is 2. The highest BCUT2D eigenvalue weighted by Crippen LogP contribution is 2.29. The Morgan fingerprint density at radius 3 is 2.31 bits per heavy atom. The normalized spacial score (nSPS) is 18.9. The Kier molecular flexibility index (Phi) is 5.01. The molecule has 0 unspecified atom stereocenters. The van der Waals surface area contributed by atoms with Crippen LogP contribution in [0.25, 0.3) is 0 Å². The first-order valence-electron chi connectivity index (χ1n) is 9.01. The molecule has 2 N–H and O–H groups in total. The Bertz CT molecular complexity index is 739. The van der Waals surface area contributed by atoms with Crippen molar-refractivity contribution in [2.24, 2.45) is 0 Å². The fourth-order valence-corrected chi connectivity index (χ4v) is 3.91. The second-order valence-electron chi connectivity index (χ2n) is 8.29. The maximum atomic E-state index is 12.6. The van der Waals surface area contributed by atoms with Crippen LogP contribution in [-0.2, 0) is 0 Å². The van der Waals surface area contributed by atoms with Gasteiger partial charge in [0.05, 0.1) is 6.20 Å². The molecule has 0 atom stereocenters. The van der Waals surface area contributed by atoms with Gasteiger partial charge in [-0.25, -0.2) is 0 Å². The van der Waals surface area contributed by atoms with Gasteiger partial charge in [0.15, 0.2) is 0 Å². The van der Waals surface area contributed by atoms with Gasteiger partial charge in [0.2, 0.25) is 0 Å². The Hall–Kier alpha value is -2.40. The van der Waals surface area contributed by atoms with E-state index in [0.717, 1.165) is 12.8 Å². The number of piperidine rings is 1. The lowest BCUT2D eigenvalue weighted by molar-refractivity contribution is 0.0873. The zero-order chi connectivity index (χ0) is 18.8. The van der Waals surface area contributed by atoms with Crippen LogP contribution in [0.2, 0.25) is 0 Å². The van der Waals surface area contributed by atoms with Gasteiger partial charge in [-0.15, -0.1) is 0 Å². The third-order valence-corrected chi connectivity index (χ3v) is 4.51. The third-order valence-electron chi connectivity index (χ3n) is 4.51. The van der Waals surface area contributed by atoms with E-state index >= 15 is 0 Å². The van der Waals surface area contributed by atoms with Gasteiger partial charge in [0, 0.05) is 28.9 Å². The van der Waals surface area contributed by atoms with Gasteiger partial charge in [-0.2, -0.15) is 0 Å². The molecule has 1 saturated heterocycles. The molecule has 1 fully saturated rings. The predicted octanol–water partition coefficient (Wildman–Crippen LogP) is 3.91. The molecule has 1 aromatic carbocycles. The van der Waals surface area contributed by atoms with Crippen molar-refractivity contribution in [2.45, 2.75) is 57.7 Å². The molecule has 0 radical (unpaired) electrons. The van der Waals surface area contributed by atoms with E-state index in [2.05, 4.69) is 43.3 Å². The van der Waals surface area contributed by atoms with Crippen molar-refractivity contribution in [1.82, 2.24) is 15.6 Å². The highest BCUT2D eigenvalue weighted by atomic mass is 16.5. The first-order valence-corrected chi connectivity index (χ1v) is 9.01. The summed E-state index contributed by atoms with van der Waals surface area (Å²) >= 11 is 0. The minimum absolute atomic E-state index is 0.00110. The summed E-state index contributed by atoms with van der Waals surface area (Å²) in [6.45, 7) is 8.71. The van der Waals surface area contributed by atoms with Gasteiger partial charge >= 0.3 is 0 Å². The molecule has 1 aliphatic rings. The number of hydrogen-bond donors (Lipinski definition) is 2. The largest absolute Gasteiger partial charge is 0.456 e. The van der Waals surface area contributed by atoms with E-state index in [4.69, 9.17) is 4.74 Å². The summed E-state index contributed by atoms with van der Waals surface area (Å²) in [5, 5.41) is 6.82. The average Bonchev–Trinajstić information content (AvgIpc) is 2.53. The van der Waals surface area contributed by atoms with Crippen LogP contribution in [0.1, 0.15) is 50.9 Å². The molecule has 3 rings (SSSR count). The summed E-state index contributed by atoms with van der Waals surface area (Å²) < 4.78 is 5.72. The SMILES string of the molecule is CC1(C)CC(NC(=O)c2ccc(Oc3cccnc3)cc2)CC(C)(C)N1. The molecule has 0 saturated carbocycles. The van der Waals surface area contributed by atoms with Crippen LogP contribution in [0.5, 0.6) is 11.5 Å².